The van der Waals surface area contributed by atoms with Gasteiger partial charge in [-0.25, -0.2) is 0 Å². The molecule has 0 unspecified atom stereocenters. The fourth-order valence-corrected chi connectivity index (χ4v) is 1.62. The predicted molar refractivity (Wildman–Crippen MR) is 63.8 cm³/mol. The van der Waals surface area contributed by atoms with Crippen LogP contribution >= 0.6 is 34.8 Å². The van der Waals surface area contributed by atoms with Crippen molar-refractivity contribution in [2.75, 3.05) is 6.54 Å². The van der Waals surface area contributed by atoms with Gasteiger partial charge < -0.3 is 5.32 Å². The van der Waals surface area contributed by atoms with E-state index in [0.717, 1.165) is 0 Å². The van der Waals surface area contributed by atoms with Crippen LogP contribution in [0.2, 0.25) is 10.0 Å². The number of amides is 1. The van der Waals surface area contributed by atoms with Crippen LogP contribution in [0.3, 0.4) is 0 Å². The van der Waals surface area contributed by atoms with E-state index in [1.165, 1.54) is 0 Å². The van der Waals surface area contributed by atoms with Crippen LogP contribution in [0, 0.1) is 0 Å². The summed E-state index contributed by atoms with van der Waals surface area (Å²) in [5.74, 6) is -0.368. The van der Waals surface area contributed by atoms with Crippen molar-refractivity contribution in [3.8, 4) is 0 Å². The van der Waals surface area contributed by atoms with Crippen molar-refractivity contribution in [1.29, 1.82) is 0 Å². The molecule has 0 aliphatic heterocycles. The Morgan fingerprint density at radius 2 is 1.87 bits per heavy atom. The fourth-order valence-electron chi connectivity index (χ4n) is 0.979. The Kier molecular flexibility index (Phi) is 4.45. The van der Waals surface area contributed by atoms with Crippen molar-refractivity contribution in [3.05, 3.63) is 45.4 Å². The highest BCUT2D eigenvalue weighted by atomic mass is 35.5. The van der Waals surface area contributed by atoms with Gasteiger partial charge in [0.1, 0.15) is 0 Å². The molecule has 5 heteroatoms. The van der Waals surface area contributed by atoms with Gasteiger partial charge in [0.25, 0.3) is 5.91 Å². The van der Waals surface area contributed by atoms with Crippen molar-refractivity contribution in [3.63, 3.8) is 0 Å². The van der Waals surface area contributed by atoms with Gasteiger partial charge in [-0.05, 0) is 12.1 Å². The summed E-state index contributed by atoms with van der Waals surface area (Å²) in [5.41, 5.74) is 0.249. The molecule has 1 aromatic rings. The number of hydrogen-bond donors (Lipinski definition) is 1. The summed E-state index contributed by atoms with van der Waals surface area (Å²) in [6.07, 6.45) is 0. The highest BCUT2D eigenvalue weighted by Gasteiger charge is 2.13. The number of carbonyl (C=O) groups excluding carboxylic acids is 1. The molecule has 0 saturated heterocycles. The van der Waals surface area contributed by atoms with Crippen molar-refractivity contribution in [1.82, 2.24) is 5.32 Å². The minimum absolute atomic E-state index is 0.182. The Morgan fingerprint density at radius 1 is 1.33 bits per heavy atom. The number of hydrogen-bond acceptors (Lipinski definition) is 1. The summed E-state index contributed by atoms with van der Waals surface area (Å²) >= 11 is 17.2. The monoisotopic (exact) mass is 263 g/mol. The van der Waals surface area contributed by atoms with Crippen LogP contribution < -0.4 is 5.32 Å². The topological polar surface area (TPSA) is 29.1 Å². The Morgan fingerprint density at radius 3 is 2.33 bits per heavy atom. The van der Waals surface area contributed by atoms with Gasteiger partial charge in [-0.1, -0.05) is 47.4 Å². The van der Waals surface area contributed by atoms with Gasteiger partial charge in [0.2, 0.25) is 0 Å². The van der Waals surface area contributed by atoms with E-state index in [1.54, 1.807) is 18.2 Å². The van der Waals surface area contributed by atoms with Gasteiger partial charge in [-0.15, -0.1) is 0 Å². The fraction of sp³-hybridized carbons (Fsp3) is 0.100. The SMILES string of the molecule is C=C(Cl)CNC(=O)c1c(Cl)cccc1Cl. The van der Waals surface area contributed by atoms with Gasteiger partial charge in [-0.3, -0.25) is 4.79 Å². The highest BCUT2D eigenvalue weighted by molar-refractivity contribution is 6.39. The van der Waals surface area contributed by atoms with E-state index in [1.807, 2.05) is 0 Å². The average Bonchev–Trinajstić information content (AvgIpc) is 2.14. The first-order valence-electron chi connectivity index (χ1n) is 4.08. The van der Waals surface area contributed by atoms with Crippen LogP contribution in [0.1, 0.15) is 10.4 Å². The first kappa shape index (κ1) is 12.4. The second-order valence-corrected chi connectivity index (χ2v) is 4.15. The quantitative estimate of drug-likeness (QED) is 0.890. The molecule has 1 amide bonds. The van der Waals surface area contributed by atoms with Crippen molar-refractivity contribution in [2.45, 2.75) is 0 Å². The Bertz CT molecular complexity index is 383. The van der Waals surface area contributed by atoms with Crippen LogP contribution in [-0.4, -0.2) is 12.5 Å². The summed E-state index contributed by atoms with van der Waals surface area (Å²) in [7, 11) is 0. The summed E-state index contributed by atoms with van der Waals surface area (Å²) in [5, 5.41) is 3.49. The third-order valence-electron chi connectivity index (χ3n) is 1.63. The Balaban J connectivity index is 2.86. The molecule has 1 aromatic carbocycles. The van der Waals surface area contributed by atoms with Gasteiger partial charge in [0.05, 0.1) is 22.2 Å². The minimum atomic E-state index is -0.368. The zero-order valence-corrected chi connectivity index (χ0v) is 9.96. The van der Waals surface area contributed by atoms with Crippen molar-refractivity contribution < 1.29 is 4.79 Å². The molecule has 2 nitrogen and oxygen atoms in total. The molecule has 0 saturated carbocycles. The molecule has 0 radical (unpaired) electrons. The summed E-state index contributed by atoms with van der Waals surface area (Å²) in [4.78, 5) is 11.6. The second kappa shape index (κ2) is 5.40. The first-order chi connectivity index (χ1) is 7.02. The maximum atomic E-state index is 11.6. The lowest BCUT2D eigenvalue weighted by Crippen LogP contribution is -2.25. The first-order valence-corrected chi connectivity index (χ1v) is 5.21. The minimum Gasteiger partial charge on any atom is -0.347 e. The zero-order chi connectivity index (χ0) is 11.4. The van der Waals surface area contributed by atoms with Crippen LogP contribution in [-0.2, 0) is 0 Å². The molecule has 0 heterocycles. The number of nitrogens with one attached hydrogen (secondary N) is 1. The van der Waals surface area contributed by atoms with Crippen LogP contribution in [0.15, 0.2) is 29.8 Å². The molecule has 0 spiro atoms. The third-order valence-corrected chi connectivity index (χ3v) is 2.39. The number of halogens is 3. The molecular formula is C10H8Cl3NO. The standard InChI is InChI=1S/C10H8Cl3NO/c1-6(11)5-14-10(15)9-7(12)3-2-4-8(9)13/h2-4H,1,5H2,(H,14,15). The second-order valence-electron chi connectivity index (χ2n) is 2.80. The van der Waals surface area contributed by atoms with E-state index in [9.17, 15) is 4.79 Å². The summed E-state index contributed by atoms with van der Waals surface area (Å²) < 4.78 is 0. The smallest absolute Gasteiger partial charge is 0.254 e. The highest BCUT2D eigenvalue weighted by Crippen LogP contribution is 2.23. The molecule has 80 valence electrons. The van der Waals surface area contributed by atoms with Crippen molar-refractivity contribution in [2.24, 2.45) is 0 Å². The largest absolute Gasteiger partial charge is 0.347 e. The molecule has 0 atom stereocenters. The molecule has 0 bridgehead atoms. The number of rotatable bonds is 3. The van der Waals surface area contributed by atoms with Gasteiger partial charge in [0, 0.05) is 5.03 Å². The molecular weight excluding hydrogens is 256 g/mol. The predicted octanol–water partition coefficient (Wildman–Crippen LogP) is 3.48. The Hall–Kier alpha value is -0.700. The van der Waals surface area contributed by atoms with Gasteiger partial charge in [-0.2, -0.15) is 0 Å². The van der Waals surface area contributed by atoms with E-state index in [2.05, 4.69) is 11.9 Å². The van der Waals surface area contributed by atoms with Crippen LogP contribution in [0.25, 0.3) is 0 Å². The molecule has 0 aliphatic rings. The van der Waals surface area contributed by atoms with Crippen LogP contribution in [0.4, 0.5) is 0 Å². The van der Waals surface area contributed by atoms with E-state index >= 15 is 0 Å². The van der Waals surface area contributed by atoms with Gasteiger partial charge in [0.15, 0.2) is 0 Å². The van der Waals surface area contributed by atoms with E-state index in [-0.39, 0.29) is 18.0 Å². The third kappa shape index (κ3) is 3.42. The number of benzene rings is 1. The van der Waals surface area contributed by atoms with Crippen molar-refractivity contribution >= 4 is 40.7 Å². The normalized spacial score (nSPS) is 9.80. The molecule has 0 aromatic heterocycles. The molecule has 0 fully saturated rings. The number of carbonyl (C=O) groups is 1. The molecule has 1 rings (SSSR count). The van der Waals surface area contributed by atoms with E-state index in [4.69, 9.17) is 34.8 Å². The molecule has 15 heavy (non-hydrogen) atoms. The lowest BCUT2D eigenvalue weighted by atomic mass is 10.2. The van der Waals surface area contributed by atoms with Crippen LogP contribution in [0.5, 0.6) is 0 Å². The lowest BCUT2D eigenvalue weighted by molar-refractivity contribution is 0.0958. The Labute approximate surface area is 103 Å². The average molecular weight is 265 g/mol. The molecule has 0 aliphatic carbocycles. The van der Waals surface area contributed by atoms with Gasteiger partial charge >= 0.3 is 0 Å². The summed E-state index contributed by atoms with van der Waals surface area (Å²) in [6.45, 7) is 3.63. The summed E-state index contributed by atoms with van der Waals surface area (Å²) in [6, 6.07) is 4.86. The zero-order valence-electron chi connectivity index (χ0n) is 7.69. The van der Waals surface area contributed by atoms with E-state index < -0.39 is 0 Å². The maximum absolute atomic E-state index is 11.6. The maximum Gasteiger partial charge on any atom is 0.254 e. The van der Waals surface area contributed by atoms with E-state index in [0.29, 0.717) is 15.1 Å². The molecule has 1 N–H and O–H groups in total. The lowest BCUT2D eigenvalue weighted by Gasteiger charge is -2.07.